The van der Waals surface area contributed by atoms with Crippen LogP contribution in [0.2, 0.25) is 0 Å². The molecule has 1 aromatic carbocycles. The van der Waals surface area contributed by atoms with Gasteiger partial charge in [0, 0.05) is 43.9 Å². The Morgan fingerprint density at radius 2 is 2.15 bits per heavy atom. The summed E-state index contributed by atoms with van der Waals surface area (Å²) in [6.07, 6.45) is 3.46. The van der Waals surface area contributed by atoms with E-state index >= 15 is 0 Å². The normalized spacial score (nSPS) is 20.2. The second kappa shape index (κ2) is 9.38. The molecule has 0 radical (unpaired) electrons. The number of likely N-dealkylation sites (tertiary alicyclic amines) is 1. The molecule has 10 heteroatoms. The van der Waals surface area contributed by atoms with Crippen molar-refractivity contribution in [1.82, 2.24) is 15.1 Å². The molecule has 1 unspecified atom stereocenters. The number of thioether (sulfide) groups is 1. The second-order valence-electron chi connectivity index (χ2n) is 6.45. The van der Waals surface area contributed by atoms with Crippen LogP contribution in [0.4, 0.5) is 5.69 Å². The molecule has 0 bridgehead atoms. The first-order valence-electron chi connectivity index (χ1n) is 8.63. The number of hydrogen-bond acceptors (Lipinski definition) is 6. The maximum atomic E-state index is 12.9. The average molecular weight is 415 g/mol. The molecule has 0 saturated carbocycles. The van der Waals surface area contributed by atoms with E-state index in [1.54, 1.807) is 23.3 Å². The van der Waals surface area contributed by atoms with Gasteiger partial charge in [0.15, 0.2) is 0 Å². The van der Waals surface area contributed by atoms with Crippen molar-refractivity contribution in [3.05, 3.63) is 33.9 Å². The molecule has 0 spiro atoms. The molecule has 0 aliphatic carbocycles. The van der Waals surface area contributed by atoms with Crippen molar-refractivity contribution in [2.75, 3.05) is 39.0 Å². The Kier molecular flexibility index (Phi) is 7.46. The molecule has 2 heterocycles. The second-order valence-corrected chi connectivity index (χ2v) is 7.30. The Labute approximate surface area is 168 Å². The van der Waals surface area contributed by atoms with Gasteiger partial charge in [0.1, 0.15) is 0 Å². The number of carbonyl (C=O) groups excluding carboxylic acids is 2. The first-order valence-corrected chi connectivity index (χ1v) is 9.85. The quantitative estimate of drug-likeness (QED) is 0.458. The Morgan fingerprint density at radius 3 is 2.81 bits per heavy atom. The summed E-state index contributed by atoms with van der Waals surface area (Å²) < 4.78 is 0. The van der Waals surface area contributed by atoms with E-state index in [4.69, 9.17) is 0 Å². The summed E-state index contributed by atoms with van der Waals surface area (Å²) in [6.45, 7) is 2.83. The van der Waals surface area contributed by atoms with Gasteiger partial charge in [0.05, 0.1) is 16.4 Å². The fourth-order valence-electron chi connectivity index (χ4n) is 3.55. The van der Waals surface area contributed by atoms with Crippen LogP contribution in [0, 0.1) is 10.1 Å². The third-order valence-corrected chi connectivity index (χ3v) is 5.66. The molecule has 148 valence electrons. The van der Waals surface area contributed by atoms with Crippen molar-refractivity contribution in [2.45, 2.75) is 23.8 Å². The van der Waals surface area contributed by atoms with Crippen molar-refractivity contribution < 1.29 is 14.5 Å². The lowest BCUT2D eigenvalue weighted by Gasteiger charge is -2.41. The molecule has 27 heavy (non-hydrogen) atoms. The Hall–Kier alpha value is -1.84. The van der Waals surface area contributed by atoms with E-state index in [1.807, 2.05) is 4.90 Å². The van der Waals surface area contributed by atoms with E-state index in [0.29, 0.717) is 36.6 Å². The molecule has 2 aliphatic rings. The van der Waals surface area contributed by atoms with Crippen LogP contribution in [-0.2, 0) is 4.79 Å². The highest BCUT2D eigenvalue weighted by Gasteiger charge is 2.32. The fraction of sp³-hybridized carbons (Fsp3) is 0.529. The molecular formula is C17H23ClN4O4S. The lowest BCUT2D eigenvalue weighted by atomic mass is 10.0. The van der Waals surface area contributed by atoms with E-state index in [0.717, 1.165) is 19.4 Å². The molecule has 2 fully saturated rings. The SMILES string of the molecule is CSc1ccc(C(=O)N2CCCC(N3CCNCC3=O)C2)cc1[N+](=O)[O-].Cl. The highest BCUT2D eigenvalue weighted by Crippen LogP contribution is 2.29. The number of piperazine rings is 1. The van der Waals surface area contributed by atoms with E-state index in [1.165, 1.54) is 17.8 Å². The first-order chi connectivity index (χ1) is 12.5. The zero-order chi connectivity index (χ0) is 18.7. The first kappa shape index (κ1) is 21.5. The highest BCUT2D eigenvalue weighted by atomic mass is 35.5. The van der Waals surface area contributed by atoms with Crippen LogP contribution < -0.4 is 5.32 Å². The molecule has 0 aromatic heterocycles. The molecule has 3 rings (SSSR count). The van der Waals surface area contributed by atoms with Gasteiger partial charge in [-0.2, -0.15) is 0 Å². The predicted octanol–water partition coefficient (Wildman–Crippen LogP) is 1.77. The van der Waals surface area contributed by atoms with E-state index in [-0.39, 0.29) is 36.0 Å². The van der Waals surface area contributed by atoms with E-state index < -0.39 is 4.92 Å². The van der Waals surface area contributed by atoms with Crippen molar-refractivity contribution in [2.24, 2.45) is 0 Å². The summed E-state index contributed by atoms with van der Waals surface area (Å²) in [6, 6.07) is 4.63. The lowest BCUT2D eigenvalue weighted by molar-refractivity contribution is -0.387. The number of piperidine rings is 1. The van der Waals surface area contributed by atoms with Crippen molar-refractivity contribution in [3.8, 4) is 0 Å². The fourth-order valence-corrected chi connectivity index (χ4v) is 4.10. The Morgan fingerprint density at radius 1 is 1.37 bits per heavy atom. The average Bonchev–Trinajstić information content (AvgIpc) is 2.67. The lowest BCUT2D eigenvalue weighted by Crippen LogP contribution is -2.57. The summed E-state index contributed by atoms with van der Waals surface area (Å²) in [4.78, 5) is 39.9. The van der Waals surface area contributed by atoms with Crippen LogP contribution in [0.15, 0.2) is 23.1 Å². The van der Waals surface area contributed by atoms with Crippen LogP contribution >= 0.6 is 24.2 Å². The van der Waals surface area contributed by atoms with Crippen molar-refractivity contribution >= 4 is 41.7 Å². The number of halogens is 1. The van der Waals surface area contributed by atoms with Gasteiger partial charge < -0.3 is 15.1 Å². The van der Waals surface area contributed by atoms with Crippen LogP contribution in [-0.4, -0.2) is 71.6 Å². The van der Waals surface area contributed by atoms with Gasteiger partial charge >= 0.3 is 0 Å². The number of nitro groups is 1. The van der Waals surface area contributed by atoms with Gasteiger partial charge in [0.25, 0.3) is 11.6 Å². The smallest absolute Gasteiger partial charge is 0.283 e. The van der Waals surface area contributed by atoms with Crippen LogP contribution in [0.5, 0.6) is 0 Å². The molecular weight excluding hydrogens is 392 g/mol. The summed E-state index contributed by atoms with van der Waals surface area (Å²) in [5, 5.41) is 14.3. The van der Waals surface area contributed by atoms with E-state index in [9.17, 15) is 19.7 Å². The van der Waals surface area contributed by atoms with Gasteiger partial charge in [-0.25, -0.2) is 0 Å². The minimum absolute atomic E-state index is 0. The minimum Gasteiger partial charge on any atom is -0.337 e. The van der Waals surface area contributed by atoms with Gasteiger partial charge in [-0.3, -0.25) is 19.7 Å². The number of amides is 2. The van der Waals surface area contributed by atoms with E-state index in [2.05, 4.69) is 5.32 Å². The maximum Gasteiger partial charge on any atom is 0.283 e. The minimum atomic E-state index is -0.457. The predicted molar refractivity (Wildman–Crippen MR) is 106 cm³/mol. The molecule has 2 saturated heterocycles. The van der Waals surface area contributed by atoms with Gasteiger partial charge in [-0.05, 0) is 31.2 Å². The molecule has 1 aromatic rings. The maximum absolute atomic E-state index is 12.9. The van der Waals surface area contributed by atoms with Crippen LogP contribution in [0.25, 0.3) is 0 Å². The zero-order valence-electron chi connectivity index (χ0n) is 15.1. The topological polar surface area (TPSA) is 95.8 Å². The molecule has 2 amide bonds. The van der Waals surface area contributed by atoms with Crippen molar-refractivity contribution in [3.63, 3.8) is 0 Å². The number of benzene rings is 1. The Bertz CT molecular complexity index is 733. The standard InChI is InChI=1S/C17H22N4O4S.ClH/c1-26-15-5-4-12(9-14(15)21(24)25)17(23)19-7-2-3-13(11-19)20-8-6-18-10-16(20)22;/h4-5,9,13,18H,2-3,6-8,10-11H2,1H3;1H. The number of carbonyl (C=O) groups is 2. The number of nitro benzene ring substituents is 1. The van der Waals surface area contributed by atoms with Crippen LogP contribution in [0.3, 0.4) is 0 Å². The number of hydrogen-bond donors (Lipinski definition) is 1. The zero-order valence-corrected chi connectivity index (χ0v) is 16.7. The number of nitrogens with one attached hydrogen (secondary N) is 1. The summed E-state index contributed by atoms with van der Waals surface area (Å²) >= 11 is 1.28. The van der Waals surface area contributed by atoms with Gasteiger partial charge in [0.2, 0.25) is 5.91 Å². The van der Waals surface area contributed by atoms with Crippen LogP contribution in [0.1, 0.15) is 23.2 Å². The third kappa shape index (κ3) is 4.72. The number of rotatable bonds is 4. The molecule has 8 nitrogen and oxygen atoms in total. The molecule has 1 atom stereocenters. The summed E-state index contributed by atoms with van der Waals surface area (Å²) in [5.74, 6) is -0.149. The summed E-state index contributed by atoms with van der Waals surface area (Å²) in [5.41, 5.74) is 0.274. The molecule has 1 N–H and O–H groups in total. The highest BCUT2D eigenvalue weighted by molar-refractivity contribution is 7.98. The third-order valence-electron chi connectivity index (χ3n) is 4.87. The summed E-state index contributed by atoms with van der Waals surface area (Å²) in [7, 11) is 0. The number of nitrogens with zero attached hydrogens (tertiary/aromatic N) is 3. The Balaban J connectivity index is 0.00000261. The van der Waals surface area contributed by atoms with Gasteiger partial charge in [-0.15, -0.1) is 24.2 Å². The van der Waals surface area contributed by atoms with Crippen molar-refractivity contribution in [1.29, 1.82) is 0 Å². The molecule has 2 aliphatic heterocycles. The van der Waals surface area contributed by atoms with Gasteiger partial charge in [-0.1, -0.05) is 0 Å². The largest absolute Gasteiger partial charge is 0.337 e. The monoisotopic (exact) mass is 414 g/mol.